The number of carbonyl (C=O) groups excluding carboxylic acids is 2. The summed E-state index contributed by atoms with van der Waals surface area (Å²) in [5.74, 6) is 0.142. The molecule has 0 radical (unpaired) electrons. The molecule has 0 aromatic heterocycles. The Morgan fingerprint density at radius 1 is 0.944 bits per heavy atom. The molecule has 1 aliphatic rings. The average molecular weight is 546 g/mol. The third kappa shape index (κ3) is 5.84. The van der Waals surface area contributed by atoms with E-state index in [0.29, 0.717) is 16.3 Å². The summed E-state index contributed by atoms with van der Waals surface area (Å²) >= 11 is 6.85. The zero-order valence-corrected chi connectivity index (χ0v) is 21.3. The van der Waals surface area contributed by atoms with E-state index in [1.54, 1.807) is 48.5 Å². The molecule has 1 fully saturated rings. The van der Waals surface area contributed by atoms with Crippen LogP contribution in [0.15, 0.2) is 82.6 Å². The van der Waals surface area contributed by atoms with Gasteiger partial charge in [0.05, 0.1) is 23.6 Å². The van der Waals surface area contributed by atoms with Crippen molar-refractivity contribution in [3.05, 3.63) is 88.3 Å². The van der Waals surface area contributed by atoms with Gasteiger partial charge >= 0.3 is 10.1 Å². The molecule has 0 aliphatic carbocycles. The first-order valence-electron chi connectivity index (χ1n) is 10.6. The smallest absolute Gasteiger partial charge is 0.339 e. The van der Waals surface area contributed by atoms with Gasteiger partial charge in [0.2, 0.25) is 0 Å². The zero-order chi connectivity index (χ0) is 25.7. The number of halogens is 1. The number of hydrogen-bond donors (Lipinski definition) is 0. The molecule has 8 nitrogen and oxygen atoms in total. The highest BCUT2D eigenvalue weighted by Crippen LogP contribution is 2.35. The van der Waals surface area contributed by atoms with E-state index < -0.39 is 21.3 Å². The van der Waals surface area contributed by atoms with Gasteiger partial charge < -0.3 is 13.7 Å². The largest absolute Gasteiger partial charge is 0.493 e. The minimum atomic E-state index is -4.06. The summed E-state index contributed by atoms with van der Waals surface area (Å²) in [5, 5.41) is 0.0133. The highest BCUT2D eigenvalue weighted by molar-refractivity contribution is 8.18. The molecule has 1 aliphatic heterocycles. The Morgan fingerprint density at radius 2 is 1.67 bits per heavy atom. The monoisotopic (exact) mass is 545 g/mol. The first kappa shape index (κ1) is 25.6. The molecule has 0 unspecified atom stereocenters. The van der Waals surface area contributed by atoms with Crippen LogP contribution in [0, 0.1) is 0 Å². The molecule has 0 bridgehead atoms. The van der Waals surface area contributed by atoms with Crippen LogP contribution >= 0.6 is 23.4 Å². The molecule has 1 saturated heterocycles. The van der Waals surface area contributed by atoms with E-state index in [4.69, 9.17) is 25.3 Å². The van der Waals surface area contributed by atoms with Crippen molar-refractivity contribution in [2.45, 2.75) is 4.90 Å². The van der Waals surface area contributed by atoms with E-state index in [-0.39, 0.29) is 34.5 Å². The van der Waals surface area contributed by atoms with E-state index in [1.165, 1.54) is 37.5 Å². The number of hydrogen-bond acceptors (Lipinski definition) is 8. The lowest BCUT2D eigenvalue weighted by Gasteiger charge is -2.13. The highest BCUT2D eigenvalue weighted by atomic mass is 35.5. The minimum absolute atomic E-state index is 0.00307. The van der Waals surface area contributed by atoms with Gasteiger partial charge in [-0.2, -0.15) is 8.42 Å². The number of rotatable bonds is 9. The van der Waals surface area contributed by atoms with Crippen molar-refractivity contribution in [1.82, 2.24) is 4.90 Å². The number of thioether (sulfide) groups is 1. The van der Waals surface area contributed by atoms with Gasteiger partial charge in [-0.3, -0.25) is 14.5 Å². The van der Waals surface area contributed by atoms with Crippen molar-refractivity contribution in [2.75, 3.05) is 20.3 Å². The van der Waals surface area contributed by atoms with Gasteiger partial charge in [0.1, 0.15) is 17.3 Å². The van der Waals surface area contributed by atoms with Crippen LogP contribution in [-0.2, 0) is 14.9 Å². The SMILES string of the molecule is COc1cc(/C=C2\SC(=O)N(CCOc3ccccc3Cl)C2=O)ccc1OS(=O)(=O)c1ccccc1. The van der Waals surface area contributed by atoms with E-state index in [2.05, 4.69) is 0 Å². The standard InChI is InChI=1S/C25H20ClNO7S2/c1-32-22-15-17(11-12-21(22)34-36(30,31)18-7-3-2-4-8-18)16-23-24(28)27(25(29)35-23)13-14-33-20-10-6-5-9-19(20)26/h2-12,15-16H,13-14H2,1H3/b23-16-. The third-order valence-corrected chi connectivity index (χ3v) is 7.47. The van der Waals surface area contributed by atoms with Crippen LogP contribution in [0.3, 0.4) is 0 Å². The molecule has 0 saturated carbocycles. The number of ether oxygens (including phenoxy) is 2. The highest BCUT2D eigenvalue weighted by Gasteiger charge is 2.35. The van der Waals surface area contributed by atoms with Crippen molar-refractivity contribution >= 4 is 50.7 Å². The van der Waals surface area contributed by atoms with E-state index in [9.17, 15) is 18.0 Å². The van der Waals surface area contributed by atoms with E-state index >= 15 is 0 Å². The van der Waals surface area contributed by atoms with Crippen molar-refractivity contribution in [1.29, 1.82) is 0 Å². The van der Waals surface area contributed by atoms with Gasteiger partial charge in [-0.05, 0) is 59.8 Å². The van der Waals surface area contributed by atoms with Crippen LogP contribution in [0.1, 0.15) is 5.56 Å². The third-order valence-electron chi connectivity index (χ3n) is 5.00. The minimum Gasteiger partial charge on any atom is -0.493 e. The molecular formula is C25H20ClNO7S2. The topological polar surface area (TPSA) is 99.2 Å². The summed E-state index contributed by atoms with van der Waals surface area (Å²) < 4.78 is 41.2. The Labute approximate surface area is 217 Å². The molecule has 36 heavy (non-hydrogen) atoms. The summed E-state index contributed by atoms with van der Waals surface area (Å²) in [6, 6.07) is 19.1. The number of methoxy groups -OCH3 is 1. The van der Waals surface area contributed by atoms with Crippen molar-refractivity contribution in [3.8, 4) is 17.2 Å². The second kappa shape index (κ2) is 11.1. The van der Waals surface area contributed by atoms with Crippen LogP contribution in [0.2, 0.25) is 5.02 Å². The summed E-state index contributed by atoms with van der Waals surface area (Å²) in [5.41, 5.74) is 0.522. The van der Waals surface area contributed by atoms with Crippen LogP contribution < -0.4 is 13.7 Å². The van der Waals surface area contributed by atoms with Crippen molar-refractivity contribution in [2.24, 2.45) is 0 Å². The number of nitrogens with zero attached hydrogens (tertiary/aromatic N) is 1. The predicted octanol–water partition coefficient (Wildman–Crippen LogP) is 5.23. The fourth-order valence-electron chi connectivity index (χ4n) is 3.25. The maximum absolute atomic E-state index is 12.8. The lowest BCUT2D eigenvalue weighted by Crippen LogP contribution is -2.32. The molecule has 3 aromatic rings. The quantitative estimate of drug-likeness (QED) is 0.266. The van der Waals surface area contributed by atoms with Crippen molar-refractivity contribution < 1.29 is 31.7 Å². The number of para-hydroxylation sites is 1. The second-order valence-corrected chi connectivity index (χ2v) is 10.3. The first-order chi connectivity index (χ1) is 17.3. The average Bonchev–Trinajstić information content (AvgIpc) is 3.13. The molecule has 1 heterocycles. The van der Waals surface area contributed by atoms with Gasteiger partial charge in [-0.1, -0.05) is 48.0 Å². The van der Waals surface area contributed by atoms with Crippen molar-refractivity contribution in [3.63, 3.8) is 0 Å². The number of imide groups is 1. The molecule has 3 aromatic carbocycles. The molecular weight excluding hydrogens is 526 g/mol. The number of carbonyl (C=O) groups is 2. The molecule has 2 amide bonds. The van der Waals surface area contributed by atoms with Gasteiger partial charge in [0.25, 0.3) is 11.1 Å². The molecule has 11 heteroatoms. The summed E-state index contributed by atoms with van der Waals surface area (Å²) in [7, 11) is -2.69. The van der Waals surface area contributed by atoms with E-state index in [1.807, 2.05) is 0 Å². The van der Waals surface area contributed by atoms with Crippen LogP contribution in [0.4, 0.5) is 4.79 Å². The van der Waals surface area contributed by atoms with Gasteiger partial charge in [0, 0.05) is 0 Å². The predicted molar refractivity (Wildman–Crippen MR) is 137 cm³/mol. The zero-order valence-electron chi connectivity index (χ0n) is 18.9. The van der Waals surface area contributed by atoms with Crippen LogP contribution in [-0.4, -0.2) is 44.7 Å². The number of benzene rings is 3. The fraction of sp³-hybridized carbons (Fsp3) is 0.120. The van der Waals surface area contributed by atoms with Gasteiger partial charge in [-0.25, -0.2) is 0 Å². The Bertz CT molecular complexity index is 1430. The Balaban J connectivity index is 1.46. The molecule has 0 N–H and O–H groups in total. The fourth-order valence-corrected chi connectivity index (χ4v) is 5.27. The molecule has 186 valence electrons. The van der Waals surface area contributed by atoms with Crippen LogP contribution in [0.5, 0.6) is 17.2 Å². The number of amides is 2. The molecule has 4 rings (SSSR count). The van der Waals surface area contributed by atoms with Gasteiger partial charge in [0.15, 0.2) is 11.5 Å². The lowest BCUT2D eigenvalue weighted by molar-refractivity contribution is -0.123. The second-order valence-electron chi connectivity index (χ2n) is 7.37. The normalized spacial score (nSPS) is 14.8. The van der Waals surface area contributed by atoms with E-state index in [0.717, 1.165) is 16.7 Å². The molecule has 0 spiro atoms. The summed E-state index contributed by atoms with van der Waals surface area (Å²) in [6.07, 6.45) is 1.53. The molecule has 0 atom stereocenters. The first-order valence-corrected chi connectivity index (χ1v) is 13.2. The maximum Gasteiger partial charge on any atom is 0.339 e. The van der Waals surface area contributed by atoms with Gasteiger partial charge in [-0.15, -0.1) is 0 Å². The summed E-state index contributed by atoms with van der Waals surface area (Å²) in [4.78, 5) is 26.5. The lowest BCUT2D eigenvalue weighted by atomic mass is 10.2. The Kier molecular flexibility index (Phi) is 7.88. The van der Waals surface area contributed by atoms with Crippen LogP contribution in [0.25, 0.3) is 6.08 Å². The maximum atomic E-state index is 12.8. The summed E-state index contributed by atoms with van der Waals surface area (Å²) in [6.45, 7) is 0.144. The Hall–Kier alpha value is -3.47. The Morgan fingerprint density at radius 3 is 2.39 bits per heavy atom.